The van der Waals surface area contributed by atoms with Crippen LogP contribution in [-0.4, -0.2) is 42.6 Å². The highest BCUT2D eigenvalue weighted by atomic mass is 16.6. The normalized spacial score (nSPS) is 18.4. The summed E-state index contributed by atoms with van der Waals surface area (Å²) in [6.45, 7) is 11.4. The molecule has 1 saturated heterocycles. The van der Waals surface area contributed by atoms with Gasteiger partial charge in [0.2, 0.25) is 5.88 Å². The number of rotatable bonds is 5. The van der Waals surface area contributed by atoms with Gasteiger partial charge in [0.05, 0.1) is 12.2 Å². The summed E-state index contributed by atoms with van der Waals surface area (Å²) >= 11 is 0. The van der Waals surface area contributed by atoms with Crippen molar-refractivity contribution in [2.45, 2.75) is 46.6 Å². The molecule has 0 radical (unpaired) electrons. The molecule has 0 unspecified atom stereocenters. The zero-order valence-electron chi connectivity index (χ0n) is 14.2. The molecule has 0 saturated carbocycles. The monoisotopic (exact) mass is 307 g/mol. The SMILES string of the molecule is Cc1nc(OCCC(C)(C)O)ccc1B1OCC(C)(C)CO1. The van der Waals surface area contributed by atoms with Crippen molar-refractivity contribution < 1.29 is 19.2 Å². The maximum Gasteiger partial charge on any atom is 0.495 e. The molecule has 0 aromatic carbocycles. The number of aryl methyl sites for hydroxylation is 1. The number of pyridine rings is 1. The first-order chi connectivity index (χ1) is 10.2. The van der Waals surface area contributed by atoms with Crippen LogP contribution >= 0.6 is 0 Å². The van der Waals surface area contributed by atoms with Gasteiger partial charge in [0.25, 0.3) is 0 Å². The van der Waals surface area contributed by atoms with E-state index in [2.05, 4.69) is 18.8 Å². The van der Waals surface area contributed by atoms with Gasteiger partial charge in [-0.2, -0.15) is 0 Å². The van der Waals surface area contributed by atoms with E-state index in [9.17, 15) is 5.11 Å². The molecule has 0 spiro atoms. The van der Waals surface area contributed by atoms with Crippen LogP contribution in [0.25, 0.3) is 0 Å². The Morgan fingerprint density at radius 3 is 2.50 bits per heavy atom. The van der Waals surface area contributed by atoms with E-state index in [0.29, 0.717) is 32.1 Å². The molecule has 6 heteroatoms. The Kier molecular flexibility index (Phi) is 5.15. The molecular formula is C16H26BNO4. The fraction of sp³-hybridized carbons (Fsp3) is 0.688. The Hall–Kier alpha value is -1.11. The maximum absolute atomic E-state index is 9.67. The molecule has 5 nitrogen and oxygen atoms in total. The van der Waals surface area contributed by atoms with Crippen molar-refractivity contribution >= 4 is 12.6 Å². The van der Waals surface area contributed by atoms with Crippen molar-refractivity contribution in [3.8, 4) is 5.88 Å². The summed E-state index contributed by atoms with van der Waals surface area (Å²) in [5, 5.41) is 9.67. The summed E-state index contributed by atoms with van der Waals surface area (Å²) in [5.41, 5.74) is 1.10. The molecule has 2 rings (SSSR count). The maximum atomic E-state index is 9.67. The number of ether oxygens (including phenoxy) is 1. The van der Waals surface area contributed by atoms with E-state index in [0.717, 1.165) is 11.2 Å². The third-order valence-electron chi connectivity index (χ3n) is 3.57. The molecule has 0 aliphatic carbocycles. The molecular weight excluding hydrogens is 281 g/mol. The lowest BCUT2D eigenvalue weighted by Gasteiger charge is -2.33. The molecule has 1 aromatic rings. The molecule has 1 aliphatic rings. The Balaban J connectivity index is 1.95. The second-order valence-electron chi connectivity index (χ2n) is 7.35. The van der Waals surface area contributed by atoms with Gasteiger partial charge in [0.1, 0.15) is 0 Å². The first kappa shape index (κ1) is 17.3. The van der Waals surface area contributed by atoms with Crippen molar-refractivity contribution in [1.29, 1.82) is 0 Å². The van der Waals surface area contributed by atoms with Crippen LogP contribution in [0.5, 0.6) is 5.88 Å². The minimum Gasteiger partial charge on any atom is -0.478 e. The van der Waals surface area contributed by atoms with Gasteiger partial charge in [-0.3, -0.25) is 0 Å². The molecule has 2 heterocycles. The Bertz CT molecular complexity index is 503. The van der Waals surface area contributed by atoms with Gasteiger partial charge >= 0.3 is 7.12 Å². The highest BCUT2D eigenvalue weighted by molar-refractivity contribution is 6.61. The smallest absolute Gasteiger partial charge is 0.478 e. The van der Waals surface area contributed by atoms with Crippen LogP contribution in [0.15, 0.2) is 12.1 Å². The van der Waals surface area contributed by atoms with E-state index in [1.165, 1.54) is 0 Å². The lowest BCUT2D eigenvalue weighted by atomic mass is 9.75. The van der Waals surface area contributed by atoms with Crippen molar-refractivity contribution in [1.82, 2.24) is 4.98 Å². The molecule has 0 bridgehead atoms. The fourth-order valence-electron chi connectivity index (χ4n) is 2.16. The third kappa shape index (κ3) is 4.97. The molecule has 1 fully saturated rings. The van der Waals surface area contributed by atoms with Crippen LogP contribution in [0.4, 0.5) is 0 Å². The Labute approximate surface area is 133 Å². The van der Waals surface area contributed by atoms with E-state index in [1.54, 1.807) is 13.8 Å². The van der Waals surface area contributed by atoms with Crippen LogP contribution in [0.1, 0.15) is 39.8 Å². The minimum atomic E-state index is -0.731. The van der Waals surface area contributed by atoms with Crippen molar-refractivity contribution in [3.05, 3.63) is 17.8 Å². The summed E-state index contributed by atoms with van der Waals surface area (Å²) in [6, 6.07) is 3.75. The van der Waals surface area contributed by atoms with Crippen LogP contribution in [0, 0.1) is 12.3 Å². The molecule has 0 atom stereocenters. The second kappa shape index (κ2) is 6.56. The van der Waals surface area contributed by atoms with Gasteiger partial charge < -0.3 is 19.2 Å². The number of hydrogen-bond acceptors (Lipinski definition) is 5. The lowest BCUT2D eigenvalue weighted by molar-refractivity contribution is 0.0342. The summed E-state index contributed by atoms with van der Waals surface area (Å²) in [4.78, 5) is 4.44. The predicted molar refractivity (Wildman–Crippen MR) is 86.5 cm³/mol. The van der Waals surface area contributed by atoms with E-state index >= 15 is 0 Å². The highest BCUT2D eigenvalue weighted by Gasteiger charge is 2.34. The quantitative estimate of drug-likeness (QED) is 0.839. The molecule has 1 aliphatic heterocycles. The number of aromatic nitrogens is 1. The number of aliphatic hydroxyl groups is 1. The molecule has 22 heavy (non-hydrogen) atoms. The zero-order chi connectivity index (χ0) is 16.4. The minimum absolute atomic E-state index is 0.0536. The van der Waals surface area contributed by atoms with Crippen LogP contribution in [0.3, 0.4) is 0 Å². The summed E-state index contributed by atoms with van der Waals surface area (Å²) < 4.78 is 17.2. The fourth-order valence-corrected chi connectivity index (χ4v) is 2.16. The zero-order valence-corrected chi connectivity index (χ0v) is 14.2. The van der Waals surface area contributed by atoms with Crippen molar-refractivity contribution in [2.75, 3.05) is 19.8 Å². The molecule has 1 aromatic heterocycles. The van der Waals surface area contributed by atoms with Crippen LogP contribution in [0.2, 0.25) is 0 Å². The lowest BCUT2D eigenvalue weighted by Crippen LogP contribution is -2.48. The largest absolute Gasteiger partial charge is 0.495 e. The Morgan fingerprint density at radius 2 is 1.95 bits per heavy atom. The summed E-state index contributed by atoms with van der Waals surface area (Å²) in [6.07, 6.45) is 0.555. The summed E-state index contributed by atoms with van der Waals surface area (Å²) in [5.74, 6) is 0.557. The predicted octanol–water partition coefficient (Wildman–Crippen LogP) is 1.70. The van der Waals surface area contributed by atoms with Crippen molar-refractivity contribution in [3.63, 3.8) is 0 Å². The molecule has 1 N–H and O–H groups in total. The van der Waals surface area contributed by atoms with E-state index in [1.807, 2.05) is 19.1 Å². The summed E-state index contributed by atoms with van der Waals surface area (Å²) in [7, 11) is -0.356. The average molecular weight is 307 g/mol. The van der Waals surface area contributed by atoms with E-state index in [-0.39, 0.29) is 12.5 Å². The first-order valence-corrected chi connectivity index (χ1v) is 7.72. The molecule has 0 amide bonds. The topological polar surface area (TPSA) is 60.8 Å². The van der Waals surface area contributed by atoms with E-state index in [4.69, 9.17) is 14.0 Å². The highest BCUT2D eigenvalue weighted by Crippen LogP contribution is 2.22. The van der Waals surface area contributed by atoms with Crippen LogP contribution in [-0.2, 0) is 9.31 Å². The Morgan fingerprint density at radius 1 is 1.32 bits per heavy atom. The van der Waals surface area contributed by atoms with Gasteiger partial charge in [-0.1, -0.05) is 19.9 Å². The van der Waals surface area contributed by atoms with Gasteiger partial charge in [-0.15, -0.1) is 0 Å². The number of hydrogen-bond donors (Lipinski definition) is 1. The second-order valence-corrected chi connectivity index (χ2v) is 7.35. The first-order valence-electron chi connectivity index (χ1n) is 7.72. The van der Waals surface area contributed by atoms with Crippen LogP contribution < -0.4 is 10.2 Å². The standard InChI is InChI=1S/C16H26BNO4/c1-12-13(17-21-10-15(2,3)11-22-17)6-7-14(18-12)20-9-8-16(4,5)19/h6-7,19H,8-11H2,1-5H3. The third-order valence-corrected chi connectivity index (χ3v) is 3.57. The molecule has 122 valence electrons. The van der Waals surface area contributed by atoms with Gasteiger partial charge in [-0.25, -0.2) is 4.98 Å². The van der Waals surface area contributed by atoms with Gasteiger partial charge in [-0.05, 0) is 26.8 Å². The van der Waals surface area contributed by atoms with Gasteiger partial charge in [0, 0.05) is 36.2 Å². The number of nitrogens with zero attached hydrogens (tertiary/aromatic N) is 1. The van der Waals surface area contributed by atoms with Crippen molar-refractivity contribution in [2.24, 2.45) is 5.41 Å². The average Bonchev–Trinajstić information content (AvgIpc) is 2.38. The van der Waals surface area contributed by atoms with E-state index < -0.39 is 5.60 Å². The van der Waals surface area contributed by atoms with Gasteiger partial charge in [0.15, 0.2) is 0 Å².